The summed E-state index contributed by atoms with van der Waals surface area (Å²) >= 11 is 1.47. The maximum atomic E-state index is 13.9. The molecule has 3 aliphatic rings. The minimum Gasteiger partial charge on any atom is -0.542 e. The standard InChI is InChI=1S/C23H28F3N4O2S.C2HF3O2/c1-31-11-9-29(10-12-32-2)16-3-4-18-21(13-16)33-22-15-20(30-7-5-27-6-8-30)17(23(24,25)26)14-19(22)28-18;3-2(4,5)1(6)7/h3-4,13-15,27H,5-12H2,1-2H3;(H,6,7)/q+1;/p-1. The number of halogens is 6. The van der Waals surface area contributed by atoms with Crippen molar-refractivity contribution >= 4 is 33.2 Å². The third-order valence-corrected chi connectivity index (χ3v) is 7.07. The molecule has 1 aromatic rings. The van der Waals surface area contributed by atoms with E-state index < -0.39 is 23.9 Å². The third-order valence-electron chi connectivity index (χ3n) is 5.97. The number of carbonyl (C=O) groups is 1. The van der Waals surface area contributed by atoms with Gasteiger partial charge in [0.15, 0.2) is 13.1 Å². The van der Waals surface area contributed by atoms with Crippen LogP contribution in [0.15, 0.2) is 30.3 Å². The Morgan fingerprint density at radius 2 is 1.65 bits per heavy atom. The fraction of sp³-hybridized carbons (Fsp3) is 0.480. The van der Waals surface area contributed by atoms with E-state index in [0.29, 0.717) is 63.7 Å². The molecule has 0 saturated carbocycles. The first-order valence-electron chi connectivity index (χ1n) is 12.1. The fourth-order valence-electron chi connectivity index (χ4n) is 4.02. The number of fused-ring (bicyclic) bond motifs is 2. The van der Waals surface area contributed by atoms with Crippen LogP contribution in [0.3, 0.4) is 0 Å². The van der Waals surface area contributed by atoms with Crippen molar-refractivity contribution in [2.75, 3.05) is 71.6 Å². The lowest BCUT2D eigenvalue weighted by atomic mass is 10.1. The van der Waals surface area contributed by atoms with Crippen LogP contribution in [-0.4, -0.2) is 83.8 Å². The third kappa shape index (κ3) is 8.25. The van der Waals surface area contributed by atoms with E-state index in [9.17, 15) is 26.3 Å². The number of benzene rings is 2. The van der Waals surface area contributed by atoms with Crippen molar-refractivity contribution in [3.8, 4) is 10.6 Å². The van der Waals surface area contributed by atoms with Crippen LogP contribution < -0.4 is 25.3 Å². The number of alkyl halides is 6. The minimum absolute atomic E-state index is 0.229. The van der Waals surface area contributed by atoms with Crippen LogP contribution in [0, 0.1) is 0 Å². The molecule has 8 nitrogen and oxygen atoms in total. The Morgan fingerprint density at radius 1 is 1.05 bits per heavy atom. The first-order chi connectivity index (χ1) is 18.8. The summed E-state index contributed by atoms with van der Waals surface area (Å²) in [6.07, 6.45) is -9.64. The van der Waals surface area contributed by atoms with Crippen molar-refractivity contribution in [3.05, 3.63) is 41.3 Å². The smallest absolute Gasteiger partial charge is 0.430 e. The number of rotatable bonds is 7. The average Bonchev–Trinajstić information content (AvgIpc) is 2.91. The molecule has 0 spiro atoms. The SMILES string of the molecule is COCCN(CCOC)c1ccc2nc3cc(C(F)(F)F)c(=[N+]4CCNCC4)cc-3sc2c1.O=C([O-])C(F)(F)F. The van der Waals surface area contributed by atoms with Gasteiger partial charge in [0.05, 0.1) is 47.1 Å². The fourth-order valence-corrected chi connectivity index (χ4v) is 5.03. The van der Waals surface area contributed by atoms with E-state index in [1.165, 1.54) is 17.4 Å². The summed E-state index contributed by atoms with van der Waals surface area (Å²) in [4.78, 5) is 16.3. The maximum absolute atomic E-state index is 13.9. The molecule has 1 aliphatic carbocycles. The Bertz CT molecular complexity index is 1330. The number of piperazine rings is 1. The minimum atomic E-state index is -5.19. The number of carboxylic acid groups (broad SMARTS) is 1. The van der Waals surface area contributed by atoms with Gasteiger partial charge in [-0.05, 0) is 24.3 Å². The number of anilines is 1. The second kappa shape index (κ2) is 13.6. The highest BCUT2D eigenvalue weighted by atomic mass is 32.1. The van der Waals surface area contributed by atoms with Gasteiger partial charge < -0.3 is 29.6 Å². The lowest BCUT2D eigenvalue weighted by Crippen LogP contribution is -2.47. The lowest BCUT2D eigenvalue weighted by molar-refractivity contribution is -0.344. The van der Waals surface area contributed by atoms with Gasteiger partial charge in [-0.1, -0.05) is 0 Å². The number of hydrogen-bond acceptors (Lipinski definition) is 8. The van der Waals surface area contributed by atoms with Gasteiger partial charge in [-0.25, -0.2) is 9.56 Å². The summed E-state index contributed by atoms with van der Waals surface area (Å²) in [7, 11) is 3.33. The van der Waals surface area contributed by atoms with Gasteiger partial charge in [-0.2, -0.15) is 26.3 Å². The van der Waals surface area contributed by atoms with Gasteiger partial charge in [-0.15, -0.1) is 11.3 Å². The predicted octanol–water partition coefficient (Wildman–Crippen LogP) is 2.19. The van der Waals surface area contributed by atoms with Crippen LogP contribution in [0.25, 0.3) is 20.8 Å². The van der Waals surface area contributed by atoms with Crippen LogP contribution in [0.1, 0.15) is 5.56 Å². The molecular formula is C25H28F6N4O4S. The summed E-state index contributed by atoms with van der Waals surface area (Å²) < 4.78 is 86.4. The average molecular weight is 595 g/mol. The highest BCUT2D eigenvalue weighted by Gasteiger charge is 2.37. The number of hydrogen-bond donors (Lipinski definition) is 1. The Labute approximate surface area is 229 Å². The number of carboxylic acids is 1. The van der Waals surface area contributed by atoms with Gasteiger partial charge in [-0.3, -0.25) is 0 Å². The summed E-state index contributed by atoms with van der Waals surface area (Å²) in [6.45, 7) is 4.98. The number of methoxy groups -OCH3 is 2. The molecule has 0 aromatic heterocycles. The number of carbonyl (C=O) groups excluding carboxylic acids is 1. The zero-order valence-corrected chi connectivity index (χ0v) is 22.5. The van der Waals surface area contributed by atoms with Gasteiger partial charge in [0, 0.05) is 39.1 Å². The van der Waals surface area contributed by atoms with Crippen molar-refractivity contribution in [2.45, 2.75) is 12.4 Å². The molecule has 0 radical (unpaired) electrons. The molecule has 220 valence electrons. The molecule has 40 heavy (non-hydrogen) atoms. The molecule has 1 aromatic carbocycles. The molecule has 0 bridgehead atoms. The molecule has 1 N–H and O–H groups in total. The van der Waals surface area contributed by atoms with Crippen molar-refractivity contribution < 1.29 is 45.7 Å². The molecule has 0 atom stereocenters. The van der Waals surface area contributed by atoms with Crippen LogP contribution in [0.4, 0.5) is 32.0 Å². The summed E-state index contributed by atoms with van der Waals surface area (Å²) in [5, 5.41) is 12.2. The Hall–Kier alpha value is -3.01. The van der Waals surface area contributed by atoms with E-state index in [1.54, 1.807) is 20.3 Å². The van der Waals surface area contributed by atoms with Crippen LogP contribution in [0.5, 0.6) is 0 Å². The molecule has 1 fully saturated rings. The molecule has 4 rings (SSSR count). The lowest BCUT2D eigenvalue weighted by Gasteiger charge is -2.24. The van der Waals surface area contributed by atoms with Gasteiger partial charge in [0.25, 0.3) is 0 Å². The molecule has 0 amide bonds. The quantitative estimate of drug-likeness (QED) is 0.255. The number of aliphatic carboxylic acids is 1. The summed E-state index contributed by atoms with van der Waals surface area (Å²) in [5.74, 6) is -3.01. The van der Waals surface area contributed by atoms with E-state index in [-0.39, 0.29) is 5.36 Å². The highest BCUT2D eigenvalue weighted by Crippen LogP contribution is 2.35. The molecule has 15 heteroatoms. The molecule has 1 saturated heterocycles. The highest BCUT2D eigenvalue weighted by molar-refractivity contribution is 7.21. The van der Waals surface area contributed by atoms with Crippen molar-refractivity contribution in [2.24, 2.45) is 0 Å². The van der Waals surface area contributed by atoms with E-state index >= 15 is 0 Å². The van der Waals surface area contributed by atoms with E-state index in [2.05, 4.69) is 15.2 Å². The monoisotopic (exact) mass is 594 g/mol. The second-order valence-corrected chi connectivity index (χ2v) is 9.78. The Kier molecular flexibility index (Phi) is 10.7. The van der Waals surface area contributed by atoms with E-state index in [0.717, 1.165) is 15.3 Å². The maximum Gasteiger partial charge on any atom is 0.430 e. The number of aromatic nitrogens is 1. The van der Waals surface area contributed by atoms with Crippen molar-refractivity contribution in [3.63, 3.8) is 0 Å². The van der Waals surface area contributed by atoms with Crippen LogP contribution >= 0.6 is 11.3 Å². The first kappa shape index (κ1) is 31.5. The zero-order chi connectivity index (χ0) is 29.5. The normalized spacial score (nSPS) is 14.2. The van der Waals surface area contributed by atoms with Gasteiger partial charge in [0.2, 0.25) is 5.36 Å². The van der Waals surface area contributed by atoms with Crippen molar-refractivity contribution in [1.82, 2.24) is 14.9 Å². The summed E-state index contributed by atoms with van der Waals surface area (Å²) in [5.41, 5.74) is 1.42. The first-order valence-corrected chi connectivity index (χ1v) is 12.9. The van der Waals surface area contributed by atoms with Crippen molar-refractivity contribution in [1.29, 1.82) is 0 Å². The number of nitrogens with one attached hydrogen (secondary N) is 1. The largest absolute Gasteiger partial charge is 0.542 e. The second-order valence-electron chi connectivity index (χ2n) is 8.70. The van der Waals surface area contributed by atoms with Crippen LogP contribution in [-0.2, 0) is 20.4 Å². The number of ether oxygens (including phenoxy) is 2. The van der Waals surface area contributed by atoms with Gasteiger partial charge >= 0.3 is 12.4 Å². The molecule has 2 aliphatic heterocycles. The topological polar surface area (TPSA) is 89.8 Å². The summed E-state index contributed by atoms with van der Waals surface area (Å²) in [6, 6.07) is 8.70. The molecule has 2 heterocycles. The van der Waals surface area contributed by atoms with E-state index in [4.69, 9.17) is 19.4 Å². The van der Waals surface area contributed by atoms with E-state index in [1.807, 2.05) is 22.8 Å². The number of nitrogens with zero attached hydrogens (tertiary/aromatic N) is 3. The Morgan fingerprint density at radius 3 is 2.17 bits per heavy atom. The molecular weight excluding hydrogens is 566 g/mol. The Balaban J connectivity index is 0.000000559. The predicted molar refractivity (Wildman–Crippen MR) is 136 cm³/mol. The van der Waals surface area contributed by atoms with Gasteiger partial charge in [0.1, 0.15) is 11.5 Å². The molecule has 0 unspecified atom stereocenters. The van der Waals surface area contributed by atoms with Crippen LogP contribution in [0.2, 0.25) is 0 Å². The zero-order valence-electron chi connectivity index (χ0n) is 21.7.